The Bertz CT molecular complexity index is 1770. The fourth-order valence-electron chi connectivity index (χ4n) is 4.66. The van der Waals surface area contributed by atoms with E-state index in [-0.39, 0.29) is 17.7 Å². The number of aromatic nitrogens is 1. The molecule has 0 unspecified atom stereocenters. The van der Waals surface area contributed by atoms with Crippen LogP contribution in [0.1, 0.15) is 29.7 Å². The molecule has 4 aromatic rings. The summed E-state index contributed by atoms with van der Waals surface area (Å²) in [5.74, 6) is 1.28. The minimum Gasteiger partial charge on any atom is -0.497 e. The highest BCUT2D eigenvalue weighted by molar-refractivity contribution is 7.07. The third-order valence-corrected chi connectivity index (χ3v) is 7.49. The zero-order chi connectivity index (χ0) is 28.2. The van der Waals surface area contributed by atoms with Crippen molar-refractivity contribution in [2.75, 3.05) is 27.9 Å². The second kappa shape index (κ2) is 11.6. The molecule has 0 amide bonds. The molecule has 0 N–H and O–H groups in total. The predicted molar refractivity (Wildman–Crippen MR) is 154 cm³/mol. The number of benzene rings is 3. The summed E-state index contributed by atoms with van der Waals surface area (Å²) in [6.45, 7) is 1.92. The summed E-state index contributed by atoms with van der Waals surface area (Å²) in [7, 11) is 4.72. The van der Waals surface area contributed by atoms with Gasteiger partial charge in [-0.05, 0) is 48.9 Å². The van der Waals surface area contributed by atoms with Gasteiger partial charge in [0.15, 0.2) is 4.80 Å². The first-order valence-electron chi connectivity index (χ1n) is 12.6. The van der Waals surface area contributed by atoms with E-state index in [1.54, 1.807) is 57.1 Å². The number of rotatable bonds is 8. The van der Waals surface area contributed by atoms with Crippen LogP contribution in [0.4, 0.5) is 0 Å². The minimum absolute atomic E-state index is 0.176. The number of hydrogen-bond acceptors (Lipinski definition) is 8. The molecule has 1 aromatic heterocycles. The van der Waals surface area contributed by atoms with Crippen molar-refractivity contribution in [2.24, 2.45) is 4.99 Å². The van der Waals surface area contributed by atoms with Crippen LogP contribution in [0.3, 0.4) is 0 Å². The average Bonchev–Trinajstić information content (AvgIpc) is 3.30. The first kappa shape index (κ1) is 27.0. The van der Waals surface area contributed by atoms with Crippen LogP contribution in [-0.4, -0.2) is 38.5 Å². The van der Waals surface area contributed by atoms with Gasteiger partial charge in [0, 0.05) is 11.1 Å². The first-order valence-corrected chi connectivity index (χ1v) is 13.4. The molecule has 0 radical (unpaired) electrons. The van der Waals surface area contributed by atoms with Gasteiger partial charge in [0.05, 0.1) is 49.8 Å². The van der Waals surface area contributed by atoms with Crippen LogP contribution in [0.2, 0.25) is 0 Å². The largest absolute Gasteiger partial charge is 0.497 e. The normalized spacial score (nSPS) is 14.8. The first-order chi connectivity index (χ1) is 19.5. The molecule has 1 atom stereocenters. The van der Waals surface area contributed by atoms with Gasteiger partial charge in [0.1, 0.15) is 17.2 Å². The quantitative estimate of drug-likeness (QED) is 0.306. The maximum absolute atomic E-state index is 14.1. The molecule has 2 heterocycles. The number of hydrogen-bond donors (Lipinski definition) is 0. The molecule has 204 valence electrons. The molecule has 0 fully saturated rings. The van der Waals surface area contributed by atoms with Crippen LogP contribution < -0.4 is 29.1 Å². The fourth-order valence-corrected chi connectivity index (χ4v) is 5.65. The van der Waals surface area contributed by atoms with Crippen LogP contribution in [0.5, 0.6) is 17.2 Å². The highest BCUT2D eigenvalue weighted by atomic mass is 32.1. The van der Waals surface area contributed by atoms with Gasteiger partial charge in [0.25, 0.3) is 5.56 Å². The van der Waals surface area contributed by atoms with Gasteiger partial charge in [-0.2, -0.15) is 0 Å². The minimum atomic E-state index is -0.796. The van der Waals surface area contributed by atoms with Crippen molar-refractivity contribution in [1.82, 2.24) is 4.57 Å². The molecule has 3 aromatic carbocycles. The van der Waals surface area contributed by atoms with E-state index in [0.717, 1.165) is 5.56 Å². The van der Waals surface area contributed by atoms with Crippen molar-refractivity contribution >= 4 is 29.1 Å². The van der Waals surface area contributed by atoms with Gasteiger partial charge in [-0.25, -0.2) is 9.79 Å². The summed E-state index contributed by atoms with van der Waals surface area (Å²) >= 11 is 1.24. The van der Waals surface area contributed by atoms with E-state index in [1.165, 1.54) is 11.3 Å². The number of ether oxygens (including phenoxy) is 4. The fraction of sp³-hybridized carbons (Fsp3) is 0.194. The Morgan fingerprint density at radius 2 is 1.70 bits per heavy atom. The van der Waals surface area contributed by atoms with Gasteiger partial charge in [-0.15, -0.1) is 0 Å². The Morgan fingerprint density at radius 3 is 2.40 bits per heavy atom. The molecule has 0 aliphatic carbocycles. The highest BCUT2D eigenvalue weighted by Crippen LogP contribution is 2.36. The van der Waals surface area contributed by atoms with Crippen molar-refractivity contribution in [3.05, 3.63) is 115 Å². The maximum atomic E-state index is 14.1. The second-order valence-corrected chi connectivity index (χ2v) is 9.83. The number of nitrogens with zero attached hydrogens (tertiary/aromatic N) is 2. The lowest BCUT2D eigenvalue weighted by Crippen LogP contribution is -2.40. The van der Waals surface area contributed by atoms with Crippen molar-refractivity contribution in [3.8, 4) is 17.2 Å². The van der Waals surface area contributed by atoms with E-state index in [1.807, 2.05) is 54.6 Å². The van der Waals surface area contributed by atoms with Crippen molar-refractivity contribution in [1.29, 1.82) is 0 Å². The van der Waals surface area contributed by atoms with Crippen LogP contribution in [0.25, 0.3) is 11.8 Å². The molecular formula is C31H28N2O6S. The SMILES string of the molecule is CCOC(=O)C1=C(c2ccccc2)N=c2s/c(=C\c3cc(OC)ccc3OC)c(=O)n2[C@@H]1c1cccc(OC)c1. The summed E-state index contributed by atoms with van der Waals surface area (Å²) in [5, 5.41) is 0. The van der Waals surface area contributed by atoms with Gasteiger partial charge in [-0.3, -0.25) is 9.36 Å². The topological polar surface area (TPSA) is 88.4 Å². The van der Waals surface area contributed by atoms with Crippen LogP contribution in [-0.2, 0) is 9.53 Å². The molecule has 5 rings (SSSR count). The molecule has 0 spiro atoms. The van der Waals surface area contributed by atoms with E-state index in [0.29, 0.717) is 43.4 Å². The summed E-state index contributed by atoms with van der Waals surface area (Å²) in [4.78, 5) is 33.0. The van der Waals surface area contributed by atoms with Crippen molar-refractivity contribution < 1.29 is 23.7 Å². The summed E-state index contributed by atoms with van der Waals surface area (Å²) in [5.41, 5.74) is 2.55. The molecule has 1 aliphatic rings. The van der Waals surface area contributed by atoms with E-state index in [4.69, 9.17) is 23.9 Å². The molecule has 9 heteroatoms. The van der Waals surface area contributed by atoms with Crippen LogP contribution in [0, 0.1) is 0 Å². The maximum Gasteiger partial charge on any atom is 0.338 e. The third kappa shape index (κ3) is 5.03. The van der Waals surface area contributed by atoms with E-state index in [2.05, 4.69) is 0 Å². The number of carbonyl (C=O) groups excluding carboxylic acids is 1. The molecule has 1 aliphatic heterocycles. The Kier molecular flexibility index (Phi) is 7.84. The predicted octanol–water partition coefficient (Wildman–Crippen LogP) is 3.96. The van der Waals surface area contributed by atoms with E-state index in [9.17, 15) is 9.59 Å². The number of esters is 1. The smallest absolute Gasteiger partial charge is 0.338 e. The zero-order valence-corrected chi connectivity index (χ0v) is 23.4. The molecule has 0 bridgehead atoms. The molecule has 0 saturated heterocycles. The Balaban J connectivity index is 1.84. The Labute approximate surface area is 235 Å². The van der Waals surface area contributed by atoms with Crippen LogP contribution in [0.15, 0.2) is 88.2 Å². The lowest BCUT2D eigenvalue weighted by molar-refractivity contribution is -0.138. The highest BCUT2D eigenvalue weighted by Gasteiger charge is 2.35. The van der Waals surface area contributed by atoms with Crippen molar-refractivity contribution in [2.45, 2.75) is 13.0 Å². The summed E-state index contributed by atoms with van der Waals surface area (Å²) in [6, 6.07) is 21.3. The monoisotopic (exact) mass is 556 g/mol. The number of thiazole rings is 1. The average molecular weight is 557 g/mol. The summed E-state index contributed by atoms with van der Waals surface area (Å²) < 4.78 is 23.9. The number of fused-ring (bicyclic) bond motifs is 1. The van der Waals surface area contributed by atoms with E-state index >= 15 is 0 Å². The zero-order valence-electron chi connectivity index (χ0n) is 22.5. The lowest BCUT2D eigenvalue weighted by Gasteiger charge is -2.26. The van der Waals surface area contributed by atoms with Gasteiger partial charge < -0.3 is 18.9 Å². The lowest BCUT2D eigenvalue weighted by atomic mass is 9.93. The van der Waals surface area contributed by atoms with Gasteiger partial charge >= 0.3 is 5.97 Å². The number of carbonyl (C=O) groups is 1. The molecule has 40 heavy (non-hydrogen) atoms. The number of methoxy groups -OCH3 is 3. The summed E-state index contributed by atoms with van der Waals surface area (Å²) in [6.07, 6.45) is 1.75. The van der Waals surface area contributed by atoms with Crippen molar-refractivity contribution in [3.63, 3.8) is 0 Å². The third-order valence-electron chi connectivity index (χ3n) is 6.51. The Morgan fingerprint density at radius 1 is 0.950 bits per heavy atom. The van der Waals surface area contributed by atoms with Gasteiger partial charge in [-0.1, -0.05) is 53.8 Å². The van der Waals surface area contributed by atoms with Gasteiger partial charge in [0.2, 0.25) is 0 Å². The van der Waals surface area contributed by atoms with E-state index < -0.39 is 12.0 Å². The Hall–Kier alpha value is -4.63. The molecule has 0 saturated carbocycles. The molecule has 8 nitrogen and oxygen atoms in total. The van der Waals surface area contributed by atoms with Crippen LogP contribution >= 0.6 is 11.3 Å². The second-order valence-electron chi connectivity index (χ2n) is 8.82. The molecular weight excluding hydrogens is 528 g/mol. The standard InChI is InChI=1S/C31H28N2O6S/c1-5-39-30(35)26-27(19-10-7-6-8-11-19)32-31-33(28(26)20-12-9-13-22(16-20)36-2)29(34)25(40-31)18-21-17-23(37-3)14-15-24(21)38-4/h6-18,28H,5H2,1-4H3/b25-18-/t28-/m1/s1.